The number of hydrogen-bond acceptors (Lipinski definition) is 3. The Bertz CT molecular complexity index is 297. The van der Waals surface area contributed by atoms with Crippen LogP contribution < -0.4 is 10.5 Å². The molecule has 2 N–H and O–H groups in total. The molecule has 1 saturated heterocycles. The van der Waals surface area contributed by atoms with Crippen molar-refractivity contribution < 1.29 is 9.47 Å². The van der Waals surface area contributed by atoms with E-state index in [0.717, 1.165) is 31.1 Å². The van der Waals surface area contributed by atoms with E-state index in [2.05, 4.69) is 0 Å². The van der Waals surface area contributed by atoms with E-state index in [1.807, 2.05) is 24.3 Å². The summed E-state index contributed by atoms with van der Waals surface area (Å²) in [5, 5.41) is 0. The molecular weight excluding hydrogens is 178 g/mol. The van der Waals surface area contributed by atoms with Crippen molar-refractivity contribution in [1.29, 1.82) is 0 Å². The van der Waals surface area contributed by atoms with Gasteiger partial charge in [0.1, 0.15) is 5.75 Å². The van der Waals surface area contributed by atoms with Gasteiger partial charge in [0.25, 0.3) is 0 Å². The second kappa shape index (κ2) is 4.44. The van der Waals surface area contributed by atoms with E-state index in [4.69, 9.17) is 15.2 Å². The third-order valence-electron chi connectivity index (χ3n) is 2.37. The SMILES string of the molecule is NCc1ccccc1OCC1COC1. The molecule has 0 aromatic heterocycles. The van der Waals surface area contributed by atoms with Crippen molar-refractivity contribution in [2.75, 3.05) is 19.8 Å². The van der Waals surface area contributed by atoms with Crippen molar-refractivity contribution in [3.05, 3.63) is 29.8 Å². The molecule has 0 saturated carbocycles. The Labute approximate surface area is 83.8 Å². The molecule has 1 aromatic rings. The van der Waals surface area contributed by atoms with E-state index in [1.54, 1.807) is 0 Å². The monoisotopic (exact) mass is 193 g/mol. The molecule has 14 heavy (non-hydrogen) atoms. The predicted octanol–water partition coefficient (Wildman–Crippen LogP) is 1.17. The van der Waals surface area contributed by atoms with Crippen molar-refractivity contribution in [1.82, 2.24) is 0 Å². The van der Waals surface area contributed by atoms with Crippen molar-refractivity contribution in [3.63, 3.8) is 0 Å². The normalized spacial score (nSPS) is 16.4. The van der Waals surface area contributed by atoms with E-state index in [1.165, 1.54) is 0 Å². The summed E-state index contributed by atoms with van der Waals surface area (Å²) in [5.41, 5.74) is 6.66. The van der Waals surface area contributed by atoms with Crippen LogP contribution in [0.4, 0.5) is 0 Å². The maximum absolute atomic E-state index is 5.67. The van der Waals surface area contributed by atoms with Gasteiger partial charge in [0, 0.05) is 18.0 Å². The van der Waals surface area contributed by atoms with E-state index in [0.29, 0.717) is 12.5 Å². The largest absolute Gasteiger partial charge is 0.493 e. The van der Waals surface area contributed by atoms with Gasteiger partial charge in [-0.2, -0.15) is 0 Å². The Kier molecular flexibility index (Phi) is 3.01. The Morgan fingerprint density at radius 3 is 2.79 bits per heavy atom. The van der Waals surface area contributed by atoms with Crippen LogP contribution in [0.2, 0.25) is 0 Å². The average Bonchev–Trinajstić information content (AvgIpc) is 2.16. The lowest BCUT2D eigenvalue weighted by atomic mass is 10.1. The molecule has 1 aliphatic rings. The van der Waals surface area contributed by atoms with E-state index in [9.17, 15) is 0 Å². The Hall–Kier alpha value is -1.06. The predicted molar refractivity (Wildman–Crippen MR) is 54.1 cm³/mol. The van der Waals surface area contributed by atoms with Gasteiger partial charge in [-0.25, -0.2) is 0 Å². The molecule has 1 fully saturated rings. The minimum Gasteiger partial charge on any atom is -0.493 e. The zero-order chi connectivity index (χ0) is 9.80. The molecule has 2 rings (SSSR count). The van der Waals surface area contributed by atoms with Crippen LogP contribution in [0.5, 0.6) is 5.75 Å². The molecular formula is C11H15NO2. The molecule has 0 atom stereocenters. The van der Waals surface area contributed by atoms with Crippen LogP contribution in [0.1, 0.15) is 5.56 Å². The number of nitrogens with two attached hydrogens (primary N) is 1. The Morgan fingerprint density at radius 1 is 1.36 bits per heavy atom. The van der Waals surface area contributed by atoms with E-state index in [-0.39, 0.29) is 0 Å². The molecule has 0 aliphatic carbocycles. The number of benzene rings is 1. The van der Waals surface area contributed by atoms with Gasteiger partial charge in [0.2, 0.25) is 0 Å². The summed E-state index contributed by atoms with van der Waals surface area (Å²) >= 11 is 0. The molecule has 0 bridgehead atoms. The van der Waals surface area contributed by atoms with Gasteiger partial charge in [-0.3, -0.25) is 0 Å². The zero-order valence-corrected chi connectivity index (χ0v) is 8.11. The molecule has 76 valence electrons. The fourth-order valence-corrected chi connectivity index (χ4v) is 1.40. The third kappa shape index (κ3) is 2.05. The summed E-state index contributed by atoms with van der Waals surface area (Å²) in [7, 11) is 0. The summed E-state index contributed by atoms with van der Waals surface area (Å²) in [5.74, 6) is 1.46. The van der Waals surface area contributed by atoms with Crippen molar-refractivity contribution in [2.45, 2.75) is 6.54 Å². The summed E-state index contributed by atoms with van der Waals surface area (Å²) in [6.07, 6.45) is 0. The number of ether oxygens (including phenoxy) is 2. The van der Waals surface area contributed by atoms with Gasteiger partial charge < -0.3 is 15.2 Å². The van der Waals surface area contributed by atoms with E-state index < -0.39 is 0 Å². The first-order valence-electron chi connectivity index (χ1n) is 4.88. The third-order valence-corrected chi connectivity index (χ3v) is 2.37. The standard InChI is InChI=1S/C11H15NO2/c12-5-10-3-1-2-4-11(10)14-8-9-6-13-7-9/h1-4,9H,5-8,12H2. The van der Waals surface area contributed by atoms with Crippen molar-refractivity contribution in [3.8, 4) is 5.75 Å². The van der Waals surface area contributed by atoms with Gasteiger partial charge >= 0.3 is 0 Å². The molecule has 0 amide bonds. The lowest BCUT2D eigenvalue weighted by Crippen LogP contribution is -2.32. The van der Waals surface area contributed by atoms with Crippen LogP contribution in [0.15, 0.2) is 24.3 Å². The van der Waals surface area contributed by atoms with Crippen molar-refractivity contribution in [2.24, 2.45) is 11.7 Å². The van der Waals surface area contributed by atoms with Crippen LogP contribution in [-0.4, -0.2) is 19.8 Å². The highest BCUT2D eigenvalue weighted by Gasteiger charge is 2.19. The van der Waals surface area contributed by atoms with Crippen molar-refractivity contribution >= 4 is 0 Å². The van der Waals surface area contributed by atoms with Crippen LogP contribution in [0, 0.1) is 5.92 Å². The summed E-state index contributed by atoms with van der Waals surface area (Å²) in [6, 6.07) is 7.89. The number of para-hydroxylation sites is 1. The first-order chi connectivity index (χ1) is 6.90. The van der Waals surface area contributed by atoms with Gasteiger partial charge in [0.05, 0.1) is 19.8 Å². The smallest absolute Gasteiger partial charge is 0.123 e. The first kappa shape index (κ1) is 9.49. The van der Waals surface area contributed by atoms with Gasteiger partial charge in [-0.05, 0) is 6.07 Å². The lowest BCUT2D eigenvalue weighted by Gasteiger charge is -2.26. The highest BCUT2D eigenvalue weighted by molar-refractivity contribution is 5.32. The maximum atomic E-state index is 5.67. The minimum absolute atomic E-state index is 0.525. The van der Waals surface area contributed by atoms with Gasteiger partial charge in [-0.1, -0.05) is 18.2 Å². The molecule has 1 heterocycles. The van der Waals surface area contributed by atoms with Gasteiger partial charge in [-0.15, -0.1) is 0 Å². The lowest BCUT2D eigenvalue weighted by molar-refractivity contribution is -0.0509. The summed E-state index contributed by atoms with van der Waals surface area (Å²) < 4.78 is 10.7. The molecule has 1 aromatic carbocycles. The van der Waals surface area contributed by atoms with Crippen LogP contribution >= 0.6 is 0 Å². The van der Waals surface area contributed by atoms with Crippen LogP contribution in [0.3, 0.4) is 0 Å². The molecule has 0 unspecified atom stereocenters. The second-order valence-electron chi connectivity index (χ2n) is 3.53. The second-order valence-corrected chi connectivity index (χ2v) is 3.53. The molecule has 3 heteroatoms. The molecule has 0 radical (unpaired) electrons. The Morgan fingerprint density at radius 2 is 2.14 bits per heavy atom. The molecule has 1 aliphatic heterocycles. The summed E-state index contributed by atoms with van der Waals surface area (Å²) in [6.45, 7) is 2.91. The fourth-order valence-electron chi connectivity index (χ4n) is 1.40. The highest BCUT2D eigenvalue weighted by atomic mass is 16.5. The zero-order valence-electron chi connectivity index (χ0n) is 8.11. The Balaban J connectivity index is 1.93. The topological polar surface area (TPSA) is 44.5 Å². The number of rotatable bonds is 4. The molecule has 0 spiro atoms. The number of hydrogen-bond donors (Lipinski definition) is 1. The maximum Gasteiger partial charge on any atom is 0.123 e. The van der Waals surface area contributed by atoms with Crippen LogP contribution in [-0.2, 0) is 11.3 Å². The highest BCUT2D eigenvalue weighted by Crippen LogP contribution is 2.19. The van der Waals surface area contributed by atoms with Gasteiger partial charge in [0.15, 0.2) is 0 Å². The molecule has 3 nitrogen and oxygen atoms in total. The van der Waals surface area contributed by atoms with E-state index >= 15 is 0 Å². The summed E-state index contributed by atoms with van der Waals surface area (Å²) in [4.78, 5) is 0. The quantitative estimate of drug-likeness (QED) is 0.780. The van der Waals surface area contributed by atoms with Crippen LogP contribution in [0.25, 0.3) is 0 Å². The fraction of sp³-hybridized carbons (Fsp3) is 0.455. The first-order valence-corrected chi connectivity index (χ1v) is 4.88. The minimum atomic E-state index is 0.525. The average molecular weight is 193 g/mol.